The van der Waals surface area contributed by atoms with Crippen molar-refractivity contribution in [3.05, 3.63) is 53.3 Å². The SMILES string of the molecule is Cc1cccc(OC(=O)C2CCN(S(=O)(=O)c3cccnc3Cl)CC2)c1. The lowest BCUT2D eigenvalue weighted by atomic mass is 9.98. The zero-order valence-corrected chi connectivity index (χ0v) is 15.8. The normalized spacial score (nSPS) is 16.4. The fourth-order valence-electron chi connectivity index (χ4n) is 2.91. The van der Waals surface area contributed by atoms with Gasteiger partial charge >= 0.3 is 5.97 Å². The molecular formula is C18H19ClN2O4S. The second kappa shape index (κ2) is 7.73. The van der Waals surface area contributed by atoms with Crippen molar-refractivity contribution in [2.24, 2.45) is 5.92 Å². The van der Waals surface area contributed by atoms with Crippen LogP contribution in [0.5, 0.6) is 5.75 Å². The number of pyridine rings is 1. The van der Waals surface area contributed by atoms with Gasteiger partial charge < -0.3 is 4.74 Å². The van der Waals surface area contributed by atoms with E-state index in [9.17, 15) is 13.2 Å². The molecule has 0 bridgehead atoms. The van der Waals surface area contributed by atoms with E-state index in [0.717, 1.165) is 5.56 Å². The molecule has 1 aliphatic heterocycles. The van der Waals surface area contributed by atoms with E-state index >= 15 is 0 Å². The number of nitrogens with zero attached hydrogens (tertiary/aromatic N) is 2. The molecule has 0 aliphatic carbocycles. The Morgan fingerprint density at radius 1 is 1.23 bits per heavy atom. The maximum atomic E-state index is 12.7. The molecule has 2 aromatic rings. The molecule has 26 heavy (non-hydrogen) atoms. The fourth-order valence-corrected chi connectivity index (χ4v) is 4.81. The van der Waals surface area contributed by atoms with Gasteiger partial charge in [0.1, 0.15) is 15.8 Å². The molecule has 1 aromatic heterocycles. The largest absolute Gasteiger partial charge is 0.426 e. The molecule has 138 valence electrons. The number of aryl methyl sites for hydroxylation is 1. The summed E-state index contributed by atoms with van der Waals surface area (Å²) in [6.07, 6.45) is 2.25. The molecule has 0 amide bonds. The Labute approximate surface area is 157 Å². The van der Waals surface area contributed by atoms with Crippen LogP contribution < -0.4 is 4.74 Å². The summed E-state index contributed by atoms with van der Waals surface area (Å²) in [7, 11) is -3.72. The quantitative estimate of drug-likeness (QED) is 0.452. The average Bonchev–Trinajstić information content (AvgIpc) is 2.62. The number of benzene rings is 1. The van der Waals surface area contributed by atoms with Crippen LogP contribution in [0.4, 0.5) is 0 Å². The lowest BCUT2D eigenvalue weighted by Gasteiger charge is -2.30. The van der Waals surface area contributed by atoms with Crippen LogP contribution in [0, 0.1) is 12.8 Å². The molecule has 0 spiro atoms. The summed E-state index contributed by atoms with van der Waals surface area (Å²) in [6.45, 7) is 2.40. The number of esters is 1. The molecule has 8 heteroatoms. The Balaban J connectivity index is 1.64. The van der Waals surface area contributed by atoms with E-state index in [1.165, 1.54) is 22.6 Å². The minimum atomic E-state index is -3.72. The monoisotopic (exact) mass is 394 g/mol. The topological polar surface area (TPSA) is 76.6 Å². The van der Waals surface area contributed by atoms with E-state index in [4.69, 9.17) is 16.3 Å². The minimum Gasteiger partial charge on any atom is -0.426 e. The smallest absolute Gasteiger partial charge is 0.314 e. The molecular weight excluding hydrogens is 376 g/mol. The van der Waals surface area contributed by atoms with Crippen molar-refractivity contribution in [1.29, 1.82) is 0 Å². The van der Waals surface area contributed by atoms with Gasteiger partial charge in [-0.15, -0.1) is 0 Å². The number of rotatable bonds is 4. The molecule has 0 radical (unpaired) electrons. The maximum Gasteiger partial charge on any atom is 0.314 e. The van der Waals surface area contributed by atoms with Gasteiger partial charge in [0, 0.05) is 19.3 Å². The molecule has 1 aromatic carbocycles. The van der Waals surface area contributed by atoms with Crippen LogP contribution in [0.3, 0.4) is 0 Å². The molecule has 1 saturated heterocycles. The fraction of sp³-hybridized carbons (Fsp3) is 0.333. The number of halogens is 1. The summed E-state index contributed by atoms with van der Waals surface area (Å²) in [4.78, 5) is 16.1. The highest BCUT2D eigenvalue weighted by Gasteiger charge is 2.34. The highest BCUT2D eigenvalue weighted by atomic mass is 35.5. The van der Waals surface area contributed by atoms with Crippen molar-refractivity contribution < 1.29 is 17.9 Å². The van der Waals surface area contributed by atoms with E-state index in [1.54, 1.807) is 12.1 Å². The first kappa shape index (κ1) is 18.8. The van der Waals surface area contributed by atoms with Gasteiger partial charge in [0.15, 0.2) is 0 Å². The number of sulfonamides is 1. The van der Waals surface area contributed by atoms with Crippen molar-refractivity contribution >= 4 is 27.6 Å². The van der Waals surface area contributed by atoms with E-state index in [-0.39, 0.29) is 35.0 Å². The zero-order valence-electron chi connectivity index (χ0n) is 14.3. The molecule has 0 atom stereocenters. The number of ether oxygens (including phenoxy) is 1. The van der Waals surface area contributed by atoms with Gasteiger partial charge in [-0.1, -0.05) is 23.7 Å². The molecule has 0 unspecified atom stereocenters. The van der Waals surface area contributed by atoms with Crippen molar-refractivity contribution in [3.8, 4) is 5.75 Å². The van der Waals surface area contributed by atoms with Gasteiger partial charge in [0.2, 0.25) is 10.0 Å². The standard InChI is InChI=1S/C18H19ClN2O4S/c1-13-4-2-5-15(12-13)25-18(22)14-7-10-21(11-8-14)26(23,24)16-6-3-9-20-17(16)19/h2-6,9,12,14H,7-8,10-11H2,1H3. The lowest BCUT2D eigenvalue weighted by Crippen LogP contribution is -2.41. The van der Waals surface area contributed by atoms with Crippen LogP contribution >= 0.6 is 11.6 Å². The first-order valence-corrected chi connectivity index (χ1v) is 10.1. The Hall–Kier alpha value is -1.96. The predicted octanol–water partition coefficient (Wildman–Crippen LogP) is 3.05. The molecule has 0 N–H and O–H groups in total. The van der Waals surface area contributed by atoms with Crippen LogP contribution in [0.1, 0.15) is 18.4 Å². The van der Waals surface area contributed by atoms with Crippen molar-refractivity contribution in [3.63, 3.8) is 0 Å². The third-order valence-corrected chi connectivity index (χ3v) is 6.68. The summed E-state index contributed by atoms with van der Waals surface area (Å²) in [5, 5.41) is -0.0477. The van der Waals surface area contributed by atoms with E-state index in [2.05, 4.69) is 4.98 Å². The first-order chi connectivity index (χ1) is 12.4. The van der Waals surface area contributed by atoms with E-state index in [0.29, 0.717) is 18.6 Å². The number of piperidine rings is 1. The summed E-state index contributed by atoms with van der Waals surface area (Å²) in [5.41, 5.74) is 1.00. The molecule has 1 fully saturated rings. The highest BCUT2D eigenvalue weighted by molar-refractivity contribution is 7.89. The number of aromatic nitrogens is 1. The van der Waals surface area contributed by atoms with Gasteiger partial charge in [0.25, 0.3) is 0 Å². The van der Waals surface area contributed by atoms with Crippen LogP contribution in [-0.4, -0.2) is 36.8 Å². The predicted molar refractivity (Wildman–Crippen MR) is 97.5 cm³/mol. The van der Waals surface area contributed by atoms with Gasteiger partial charge in [0.05, 0.1) is 5.92 Å². The zero-order chi connectivity index (χ0) is 18.7. The summed E-state index contributed by atoms with van der Waals surface area (Å²) >= 11 is 5.92. The number of carbonyl (C=O) groups excluding carboxylic acids is 1. The Morgan fingerprint density at radius 3 is 2.62 bits per heavy atom. The van der Waals surface area contributed by atoms with Crippen molar-refractivity contribution in [2.45, 2.75) is 24.7 Å². The third-order valence-electron chi connectivity index (χ3n) is 4.34. The van der Waals surface area contributed by atoms with Crippen LogP contribution in [0.2, 0.25) is 5.15 Å². The maximum absolute atomic E-state index is 12.7. The van der Waals surface area contributed by atoms with Crippen LogP contribution in [0.15, 0.2) is 47.5 Å². The lowest BCUT2D eigenvalue weighted by molar-refractivity contribution is -0.140. The molecule has 2 heterocycles. The van der Waals surface area contributed by atoms with Gasteiger partial charge in [-0.3, -0.25) is 4.79 Å². The van der Waals surface area contributed by atoms with E-state index in [1.807, 2.05) is 19.1 Å². The van der Waals surface area contributed by atoms with Crippen LogP contribution in [0.25, 0.3) is 0 Å². The summed E-state index contributed by atoms with van der Waals surface area (Å²) < 4.78 is 32.2. The number of hydrogen-bond acceptors (Lipinski definition) is 5. The first-order valence-electron chi connectivity index (χ1n) is 8.27. The van der Waals surface area contributed by atoms with E-state index < -0.39 is 10.0 Å². The summed E-state index contributed by atoms with van der Waals surface area (Å²) in [6, 6.07) is 10.2. The minimum absolute atomic E-state index is 0.0116. The second-order valence-electron chi connectivity index (χ2n) is 6.21. The van der Waals surface area contributed by atoms with Gasteiger partial charge in [-0.25, -0.2) is 13.4 Å². The Morgan fingerprint density at radius 2 is 1.96 bits per heavy atom. The highest BCUT2D eigenvalue weighted by Crippen LogP contribution is 2.28. The number of hydrogen-bond donors (Lipinski definition) is 0. The van der Waals surface area contributed by atoms with Crippen molar-refractivity contribution in [2.75, 3.05) is 13.1 Å². The molecule has 3 rings (SSSR count). The Bertz CT molecular complexity index is 909. The molecule has 1 aliphatic rings. The van der Waals surface area contributed by atoms with Gasteiger partial charge in [-0.2, -0.15) is 4.31 Å². The third kappa shape index (κ3) is 4.06. The summed E-state index contributed by atoms with van der Waals surface area (Å²) in [5.74, 6) is -0.148. The van der Waals surface area contributed by atoms with Gasteiger partial charge in [-0.05, 0) is 49.6 Å². The Kier molecular flexibility index (Phi) is 5.60. The molecule has 0 saturated carbocycles. The van der Waals surface area contributed by atoms with Crippen LogP contribution in [-0.2, 0) is 14.8 Å². The number of carbonyl (C=O) groups is 1. The van der Waals surface area contributed by atoms with Crippen molar-refractivity contribution in [1.82, 2.24) is 9.29 Å². The second-order valence-corrected chi connectivity index (χ2v) is 8.47. The average molecular weight is 395 g/mol. The molecule has 6 nitrogen and oxygen atoms in total.